The largest absolute Gasteiger partial charge is 0.324 e. The van der Waals surface area contributed by atoms with Gasteiger partial charge in [0.15, 0.2) is 0 Å². The first kappa shape index (κ1) is 13.8. The lowest BCUT2D eigenvalue weighted by molar-refractivity contribution is 0.540. The molecule has 0 saturated heterocycles. The molecular formula is C13H23BrN2. The standard InChI is InChI=1S/C13H23BrN2/c1-2-3-4-5-6-7-8-9-13(14)16-11-10-15-12-16/h10-13H,2-9H2,1H3. The first-order valence-corrected chi connectivity index (χ1v) is 7.37. The van der Waals surface area contributed by atoms with Gasteiger partial charge in [0.1, 0.15) is 0 Å². The number of imidazole rings is 1. The van der Waals surface area contributed by atoms with Gasteiger partial charge in [0.25, 0.3) is 0 Å². The Hall–Kier alpha value is -0.310. The van der Waals surface area contributed by atoms with Gasteiger partial charge in [0.2, 0.25) is 0 Å². The number of rotatable bonds is 9. The van der Waals surface area contributed by atoms with Crippen molar-refractivity contribution in [2.45, 2.75) is 63.2 Å². The number of alkyl halides is 1. The van der Waals surface area contributed by atoms with Crippen LogP contribution in [0.5, 0.6) is 0 Å². The van der Waals surface area contributed by atoms with Gasteiger partial charge < -0.3 is 4.57 Å². The van der Waals surface area contributed by atoms with Crippen molar-refractivity contribution in [3.05, 3.63) is 18.7 Å². The lowest BCUT2D eigenvalue weighted by atomic mass is 10.1. The molecule has 92 valence electrons. The molecule has 0 radical (unpaired) electrons. The average molecular weight is 287 g/mol. The maximum atomic E-state index is 4.05. The maximum absolute atomic E-state index is 4.05. The molecule has 1 atom stereocenters. The fourth-order valence-corrected chi connectivity index (χ4v) is 2.42. The van der Waals surface area contributed by atoms with Gasteiger partial charge in [-0.1, -0.05) is 67.8 Å². The average Bonchev–Trinajstić information content (AvgIpc) is 2.81. The molecular weight excluding hydrogens is 264 g/mol. The van der Waals surface area contributed by atoms with Crippen molar-refractivity contribution in [1.29, 1.82) is 0 Å². The molecule has 0 aliphatic carbocycles. The Labute approximate surface area is 108 Å². The van der Waals surface area contributed by atoms with Gasteiger partial charge in [0, 0.05) is 12.4 Å². The summed E-state index contributed by atoms with van der Waals surface area (Å²) >= 11 is 3.68. The summed E-state index contributed by atoms with van der Waals surface area (Å²) in [4.78, 5) is 4.48. The highest BCUT2D eigenvalue weighted by Gasteiger charge is 2.04. The predicted octanol–water partition coefficient (Wildman–Crippen LogP) is 4.92. The monoisotopic (exact) mass is 286 g/mol. The SMILES string of the molecule is CCCCCCCCCC(Br)n1ccnc1. The Kier molecular flexibility index (Phi) is 7.56. The van der Waals surface area contributed by atoms with Crippen LogP contribution < -0.4 is 0 Å². The molecule has 0 fully saturated rings. The molecule has 3 heteroatoms. The predicted molar refractivity (Wildman–Crippen MR) is 72.8 cm³/mol. The quantitative estimate of drug-likeness (QED) is 0.465. The molecule has 1 aromatic rings. The van der Waals surface area contributed by atoms with E-state index < -0.39 is 0 Å². The van der Waals surface area contributed by atoms with Gasteiger partial charge in [0.05, 0.1) is 11.3 Å². The van der Waals surface area contributed by atoms with Crippen molar-refractivity contribution in [2.75, 3.05) is 0 Å². The van der Waals surface area contributed by atoms with Gasteiger partial charge in [-0.3, -0.25) is 0 Å². The highest BCUT2D eigenvalue weighted by molar-refractivity contribution is 9.09. The van der Waals surface area contributed by atoms with Crippen molar-refractivity contribution < 1.29 is 0 Å². The summed E-state index contributed by atoms with van der Waals surface area (Å²) in [5.41, 5.74) is 0. The first-order chi connectivity index (χ1) is 7.84. The number of nitrogens with zero attached hydrogens (tertiary/aromatic N) is 2. The van der Waals surface area contributed by atoms with E-state index in [9.17, 15) is 0 Å². The molecule has 0 spiro atoms. The molecule has 1 unspecified atom stereocenters. The van der Waals surface area contributed by atoms with Crippen LogP contribution in [0.3, 0.4) is 0 Å². The molecule has 0 amide bonds. The van der Waals surface area contributed by atoms with Crippen LogP contribution in [0.4, 0.5) is 0 Å². The normalized spacial score (nSPS) is 12.9. The second-order valence-corrected chi connectivity index (χ2v) is 5.41. The van der Waals surface area contributed by atoms with E-state index in [0.29, 0.717) is 4.95 Å². The Balaban J connectivity index is 1.95. The molecule has 0 saturated carbocycles. The van der Waals surface area contributed by atoms with Gasteiger partial charge in [-0.2, -0.15) is 0 Å². The Morgan fingerprint density at radius 3 is 2.44 bits per heavy atom. The van der Waals surface area contributed by atoms with Gasteiger partial charge in [-0.05, 0) is 6.42 Å². The molecule has 0 N–H and O–H groups in total. The van der Waals surface area contributed by atoms with Crippen LogP contribution in [0.15, 0.2) is 18.7 Å². The van der Waals surface area contributed by atoms with Crippen LogP contribution in [0.1, 0.15) is 63.2 Å². The van der Waals surface area contributed by atoms with E-state index in [4.69, 9.17) is 0 Å². The lowest BCUT2D eigenvalue weighted by Crippen LogP contribution is -1.98. The number of unbranched alkanes of at least 4 members (excludes halogenated alkanes) is 6. The highest BCUT2D eigenvalue weighted by atomic mass is 79.9. The highest BCUT2D eigenvalue weighted by Crippen LogP contribution is 2.22. The van der Waals surface area contributed by atoms with Crippen LogP contribution in [0.2, 0.25) is 0 Å². The minimum absolute atomic E-state index is 0.422. The Bertz CT molecular complexity index is 246. The van der Waals surface area contributed by atoms with Gasteiger partial charge >= 0.3 is 0 Å². The Morgan fingerprint density at radius 2 is 1.81 bits per heavy atom. The first-order valence-electron chi connectivity index (χ1n) is 6.46. The summed E-state index contributed by atoms with van der Waals surface area (Å²) in [7, 11) is 0. The Morgan fingerprint density at radius 1 is 1.12 bits per heavy atom. The van der Waals surface area contributed by atoms with Crippen molar-refractivity contribution in [3.8, 4) is 0 Å². The number of halogens is 1. The lowest BCUT2D eigenvalue weighted by Gasteiger charge is -2.10. The zero-order chi connectivity index (χ0) is 11.6. The second-order valence-electron chi connectivity index (χ2n) is 4.35. The minimum Gasteiger partial charge on any atom is -0.324 e. The van der Waals surface area contributed by atoms with E-state index in [1.807, 2.05) is 18.7 Å². The van der Waals surface area contributed by atoms with E-state index in [0.717, 1.165) is 0 Å². The fraction of sp³-hybridized carbons (Fsp3) is 0.769. The summed E-state index contributed by atoms with van der Waals surface area (Å²) in [5, 5.41) is 0. The second kappa shape index (κ2) is 8.80. The molecule has 0 aliphatic heterocycles. The summed E-state index contributed by atoms with van der Waals surface area (Å²) < 4.78 is 2.12. The molecule has 1 rings (SSSR count). The number of hydrogen-bond donors (Lipinski definition) is 0. The van der Waals surface area contributed by atoms with Crippen LogP contribution in [0.25, 0.3) is 0 Å². The maximum Gasteiger partial charge on any atom is 0.0955 e. The van der Waals surface area contributed by atoms with Crippen LogP contribution in [-0.2, 0) is 0 Å². The van der Waals surface area contributed by atoms with E-state index in [-0.39, 0.29) is 0 Å². The van der Waals surface area contributed by atoms with Crippen LogP contribution in [-0.4, -0.2) is 9.55 Å². The van der Waals surface area contributed by atoms with E-state index >= 15 is 0 Å². The topological polar surface area (TPSA) is 17.8 Å². The molecule has 1 heterocycles. The van der Waals surface area contributed by atoms with E-state index in [1.54, 1.807) is 0 Å². The molecule has 1 aromatic heterocycles. The van der Waals surface area contributed by atoms with Crippen molar-refractivity contribution in [2.24, 2.45) is 0 Å². The summed E-state index contributed by atoms with van der Waals surface area (Å²) in [5.74, 6) is 0. The molecule has 0 aromatic carbocycles. The zero-order valence-corrected chi connectivity index (χ0v) is 11.8. The summed E-state index contributed by atoms with van der Waals surface area (Å²) in [6.45, 7) is 2.26. The van der Waals surface area contributed by atoms with Gasteiger partial charge in [-0.15, -0.1) is 0 Å². The summed E-state index contributed by atoms with van der Waals surface area (Å²) in [6, 6.07) is 0. The molecule has 0 bridgehead atoms. The van der Waals surface area contributed by atoms with Crippen molar-refractivity contribution >= 4 is 15.9 Å². The third kappa shape index (κ3) is 5.69. The van der Waals surface area contributed by atoms with Crippen molar-refractivity contribution in [1.82, 2.24) is 9.55 Å². The number of hydrogen-bond acceptors (Lipinski definition) is 1. The smallest absolute Gasteiger partial charge is 0.0955 e. The summed E-state index contributed by atoms with van der Waals surface area (Å²) in [6.07, 6.45) is 16.5. The van der Waals surface area contributed by atoms with E-state index in [1.165, 1.54) is 51.4 Å². The van der Waals surface area contributed by atoms with E-state index in [2.05, 4.69) is 32.4 Å². The minimum atomic E-state index is 0.422. The van der Waals surface area contributed by atoms with Gasteiger partial charge in [-0.25, -0.2) is 4.98 Å². The fourth-order valence-electron chi connectivity index (χ4n) is 1.85. The zero-order valence-electron chi connectivity index (χ0n) is 10.2. The molecule has 2 nitrogen and oxygen atoms in total. The number of aromatic nitrogens is 2. The third-order valence-electron chi connectivity index (χ3n) is 2.89. The van der Waals surface area contributed by atoms with Crippen molar-refractivity contribution in [3.63, 3.8) is 0 Å². The third-order valence-corrected chi connectivity index (χ3v) is 3.82. The molecule has 16 heavy (non-hydrogen) atoms. The van der Waals surface area contributed by atoms with Crippen LogP contribution >= 0.6 is 15.9 Å². The van der Waals surface area contributed by atoms with Crippen LogP contribution in [0, 0.1) is 0 Å². The molecule has 0 aliphatic rings.